The van der Waals surface area contributed by atoms with E-state index in [9.17, 15) is 18.0 Å². The Morgan fingerprint density at radius 1 is 1.40 bits per heavy atom. The Bertz CT molecular complexity index is 463. The molecule has 0 unspecified atom stereocenters. The van der Waals surface area contributed by atoms with E-state index in [1.807, 2.05) is 6.92 Å². The molecule has 0 amide bonds. The van der Waals surface area contributed by atoms with Crippen molar-refractivity contribution >= 4 is 23.3 Å². The molecular formula is C13H15ClF3NO2. The fourth-order valence-electron chi connectivity index (χ4n) is 1.48. The van der Waals surface area contributed by atoms with Crippen LogP contribution in [0, 0.1) is 0 Å². The molecule has 0 spiro atoms. The van der Waals surface area contributed by atoms with Gasteiger partial charge in [-0.3, -0.25) is 4.79 Å². The Morgan fingerprint density at radius 2 is 2.10 bits per heavy atom. The van der Waals surface area contributed by atoms with E-state index in [-0.39, 0.29) is 23.9 Å². The second-order valence-electron chi connectivity index (χ2n) is 4.09. The molecule has 0 bridgehead atoms. The highest BCUT2D eigenvalue weighted by Crippen LogP contribution is 2.38. The number of benzene rings is 1. The number of ether oxygens (including phenoxy) is 1. The molecule has 1 aromatic carbocycles. The molecule has 3 nitrogen and oxygen atoms in total. The van der Waals surface area contributed by atoms with Crippen molar-refractivity contribution in [2.24, 2.45) is 0 Å². The first-order chi connectivity index (χ1) is 9.36. The van der Waals surface area contributed by atoms with Gasteiger partial charge in [-0.2, -0.15) is 13.2 Å². The number of unbranched alkanes of at least 4 members (excludes halogenated alkanes) is 1. The van der Waals surface area contributed by atoms with Crippen molar-refractivity contribution in [3.05, 3.63) is 28.8 Å². The summed E-state index contributed by atoms with van der Waals surface area (Å²) in [4.78, 5) is 11.4. The van der Waals surface area contributed by atoms with Gasteiger partial charge < -0.3 is 10.1 Å². The van der Waals surface area contributed by atoms with Crippen molar-refractivity contribution in [2.45, 2.75) is 25.9 Å². The van der Waals surface area contributed by atoms with E-state index in [0.717, 1.165) is 12.5 Å². The van der Waals surface area contributed by atoms with Gasteiger partial charge in [0, 0.05) is 0 Å². The third-order valence-electron chi connectivity index (χ3n) is 2.49. The van der Waals surface area contributed by atoms with Crippen molar-refractivity contribution < 1.29 is 22.7 Å². The minimum Gasteiger partial charge on any atom is -0.464 e. The number of nitrogens with one attached hydrogen (secondary N) is 1. The summed E-state index contributed by atoms with van der Waals surface area (Å²) in [6.07, 6.45) is -2.96. The lowest BCUT2D eigenvalue weighted by atomic mass is 10.1. The molecule has 0 aliphatic heterocycles. The van der Waals surface area contributed by atoms with Gasteiger partial charge in [-0.05, 0) is 18.6 Å². The molecule has 0 aliphatic carbocycles. The largest absolute Gasteiger partial charge is 0.464 e. The zero-order valence-corrected chi connectivity index (χ0v) is 11.6. The number of rotatable bonds is 6. The van der Waals surface area contributed by atoms with Crippen LogP contribution in [0.15, 0.2) is 18.2 Å². The van der Waals surface area contributed by atoms with Gasteiger partial charge >= 0.3 is 12.1 Å². The zero-order chi connectivity index (χ0) is 15.2. The van der Waals surface area contributed by atoms with Gasteiger partial charge in [0.25, 0.3) is 0 Å². The minimum absolute atomic E-state index is 0.0961. The summed E-state index contributed by atoms with van der Waals surface area (Å²) >= 11 is 5.73. The van der Waals surface area contributed by atoms with Gasteiger partial charge in [0.2, 0.25) is 0 Å². The molecule has 0 saturated heterocycles. The Kier molecular flexibility index (Phi) is 6.13. The highest BCUT2D eigenvalue weighted by molar-refractivity contribution is 6.33. The number of carbonyl (C=O) groups is 1. The summed E-state index contributed by atoms with van der Waals surface area (Å²) in [6.45, 7) is 1.83. The highest BCUT2D eigenvalue weighted by atomic mass is 35.5. The molecule has 0 atom stereocenters. The van der Waals surface area contributed by atoms with Gasteiger partial charge in [-0.15, -0.1) is 0 Å². The number of esters is 1. The maximum Gasteiger partial charge on any atom is 0.418 e. The second kappa shape index (κ2) is 7.38. The second-order valence-corrected chi connectivity index (χ2v) is 4.49. The fraction of sp³-hybridized carbons (Fsp3) is 0.462. The number of hydrogen-bond donors (Lipinski definition) is 1. The van der Waals surface area contributed by atoms with Gasteiger partial charge in [-0.25, -0.2) is 0 Å². The number of carbonyl (C=O) groups excluding carboxylic acids is 1. The van der Waals surface area contributed by atoms with E-state index in [1.54, 1.807) is 0 Å². The normalized spacial score (nSPS) is 11.2. The van der Waals surface area contributed by atoms with Gasteiger partial charge in [0.05, 0.1) is 22.9 Å². The first-order valence-electron chi connectivity index (χ1n) is 6.11. The van der Waals surface area contributed by atoms with Crippen LogP contribution in [0.1, 0.15) is 25.3 Å². The number of anilines is 1. The molecule has 1 aromatic rings. The molecule has 0 heterocycles. The molecule has 0 aliphatic rings. The Morgan fingerprint density at radius 3 is 2.70 bits per heavy atom. The van der Waals surface area contributed by atoms with E-state index in [2.05, 4.69) is 5.32 Å². The van der Waals surface area contributed by atoms with E-state index < -0.39 is 17.7 Å². The van der Waals surface area contributed by atoms with E-state index in [4.69, 9.17) is 16.3 Å². The van der Waals surface area contributed by atoms with Crippen molar-refractivity contribution in [1.29, 1.82) is 0 Å². The fourth-order valence-corrected chi connectivity index (χ4v) is 1.72. The molecule has 7 heteroatoms. The van der Waals surface area contributed by atoms with Crippen molar-refractivity contribution in [2.75, 3.05) is 18.5 Å². The minimum atomic E-state index is -4.54. The van der Waals surface area contributed by atoms with Crippen LogP contribution in [0.4, 0.5) is 18.9 Å². The van der Waals surface area contributed by atoms with Gasteiger partial charge in [-0.1, -0.05) is 31.0 Å². The smallest absolute Gasteiger partial charge is 0.418 e. The zero-order valence-electron chi connectivity index (χ0n) is 10.9. The number of hydrogen-bond acceptors (Lipinski definition) is 3. The van der Waals surface area contributed by atoms with Crippen molar-refractivity contribution in [3.8, 4) is 0 Å². The molecule has 0 fully saturated rings. The standard InChI is InChI=1S/C13H15ClF3NO2/c1-2-3-7-20-11(19)8-18-12-9(13(15,16)17)5-4-6-10(12)14/h4-6,18H,2-3,7-8H2,1H3. The Labute approximate surface area is 120 Å². The molecule has 1 rings (SSSR count). The molecular weight excluding hydrogens is 295 g/mol. The predicted molar refractivity (Wildman–Crippen MR) is 70.8 cm³/mol. The van der Waals surface area contributed by atoms with E-state index in [0.29, 0.717) is 6.42 Å². The molecule has 0 aromatic heterocycles. The summed E-state index contributed by atoms with van der Waals surface area (Å²) in [6, 6.07) is 3.42. The van der Waals surface area contributed by atoms with Crippen LogP contribution in [0.2, 0.25) is 5.02 Å². The summed E-state index contributed by atoms with van der Waals surface area (Å²) in [5.41, 5.74) is -1.22. The highest BCUT2D eigenvalue weighted by Gasteiger charge is 2.34. The van der Waals surface area contributed by atoms with Crippen molar-refractivity contribution in [1.82, 2.24) is 0 Å². The molecule has 0 radical (unpaired) electrons. The summed E-state index contributed by atoms with van der Waals surface area (Å²) in [7, 11) is 0. The van der Waals surface area contributed by atoms with Crippen LogP contribution in [-0.4, -0.2) is 19.1 Å². The maximum atomic E-state index is 12.8. The van der Waals surface area contributed by atoms with Crippen LogP contribution in [0.3, 0.4) is 0 Å². The summed E-state index contributed by atoms with van der Waals surface area (Å²) in [5, 5.41) is 2.29. The first kappa shape index (κ1) is 16.6. The third-order valence-corrected chi connectivity index (χ3v) is 2.80. The lowest BCUT2D eigenvalue weighted by molar-refractivity contribution is -0.142. The van der Waals surface area contributed by atoms with Crippen LogP contribution < -0.4 is 5.32 Å². The third kappa shape index (κ3) is 4.92. The molecule has 112 valence electrons. The lowest BCUT2D eigenvalue weighted by Gasteiger charge is -2.15. The van der Waals surface area contributed by atoms with Crippen LogP contribution in [0.5, 0.6) is 0 Å². The molecule has 0 saturated carbocycles. The average molecular weight is 310 g/mol. The van der Waals surface area contributed by atoms with E-state index >= 15 is 0 Å². The Balaban J connectivity index is 2.70. The Hall–Kier alpha value is -1.43. The SMILES string of the molecule is CCCCOC(=O)CNc1c(Cl)cccc1C(F)(F)F. The van der Waals surface area contributed by atoms with E-state index in [1.165, 1.54) is 12.1 Å². The topological polar surface area (TPSA) is 38.3 Å². The molecule has 20 heavy (non-hydrogen) atoms. The number of para-hydroxylation sites is 1. The average Bonchev–Trinajstić information content (AvgIpc) is 2.36. The summed E-state index contributed by atoms with van der Waals surface area (Å²) in [5.74, 6) is -0.619. The first-order valence-corrected chi connectivity index (χ1v) is 6.49. The predicted octanol–water partition coefficient (Wildman–Crippen LogP) is 4.11. The number of alkyl halides is 3. The van der Waals surface area contributed by atoms with Crippen LogP contribution in [0.25, 0.3) is 0 Å². The molecule has 1 N–H and O–H groups in total. The van der Waals surface area contributed by atoms with Crippen LogP contribution in [-0.2, 0) is 15.7 Å². The van der Waals surface area contributed by atoms with Gasteiger partial charge in [0.1, 0.15) is 6.54 Å². The quantitative estimate of drug-likeness (QED) is 0.634. The monoisotopic (exact) mass is 309 g/mol. The number of halogens is 4. The maximum absolute atomic E-state index is 12.8. The van der Waals surface area contributed by atoms with Crippen molar-refractivity contribution in [3.63, 3.8) is 0 Å². The summed E-state index contributed by atoms with van der Waals surface area (Å²) < 4.78 is 43.2. The lowest BCUT2D eigenvalue weighted by Crippen LogP contribution is -2.20. The van der Waals surface area contributed by atoms with Crippen LogP contribution >= 0.6 is 11.6 Å². The van der Waals surface area contributed by atoms with Gasteiger partial charge in [0.15, 0.2) is 0 Å².